The summed E-state index contributed by atoms with van der Waals surface area (Å²) in [7, 11) is 0. The molecule has 2 aromatic rings. The molecule has 1 aromatic carbocycles. The zero-order chi connectivity index (χ0) is 12.9. The number of carbonyl (C=O) groups excluding carboxylic acids is 1. The molecule has 0 bridgehead atoms. The van der Waals surface area contributed by atoms with Crippen LogP contribution in [-0.4, -0.2) is 21.8 Å². The van der Waals surface area contributed by atoms with Gasteiger partial charge in [-0.2, -0.15) is 0 Å². The number of aromatic amines is 1. The number of carboxylic acid groups (broad SMARTS) is 1. The molecular formula is C14H13NO3. The van der Waals surface area contributed by atoms with Crippen molar-refractivity contribution >= 4 is 22.7 Å². The van der Waals surface area contributed by atoms with Crippen molar-refractivity contribution < 1.29 is 14.7 Å². The summed E-state index contributed by atoms with van der Waals surface area (Å²) < 4.78 is 0. The van der Waals surface area contributed by atoms with E-state index < -0.39 is 5.97 Å². The summed E-state index contributed by atoms with van der Waals surface area (Å²) in [5.41, 5.74) is 2.73. The minimum Gasteiger partial charge on any atom is -0.478 e. The third kappa shape index (κ3) is 1.45. The van der Waals surface area contributed by atoms with Crippen molar-refractivity contribution in [3.8, 4) is 0 Å². The molecule has 3 rings (SSSR count). The van der Waals surface area contributed by atoms with E-state index in [1.165, 1.54) is 0 Å². The van der Waals surface area contributed by atoms with Crippen molar-refractivity contribution in [2.45, 2.75) is 19.8 Å². The Morgan fingerprint density at radius 2 is 2.22 bits per heavy atom. The Bertz CT molecular complexity index is 669. The number of carboxylic acids is 1. The summed E-state index contributed by atoms with van der Waals surface area (Å²) in [4.78, 5) is 26.2. The van der Waals surface area contributed by atoms with Crippen molar-refractivity contribution in [2.75, 3.05) is 0 Å². The maximum Gasteiger partial charge on any atom is 0.335 e. The predicted molar refractivity (Wildman–Crippen MR) is 67.1 cm³/mol. The van der Waals surface area contributed by atoms with Crippen LogP contribution in [0.5, 0.6) is 0 Å². The van der Waals surface area contributed by atoms with E-state index >= 15 is 0 Å². The molecule has 4 heteroatoms. The molecule has 1 unspecified atom stereocenters. The molecule has 1 atom stereocenters. The Morgan fingerprint density at radius 3 is 2.94 bits per heavy atom. The van der Waals surface area contributed by atoms with Gasteiger partial charge < -0.3 is 10.1 Å². The zero-order valence-electron chi connectivity index (χ0n) is 9.99. The summed E-state index contributed by atoms with van der Waals surface area (Å²) in [5, 5.41) is 9.87. The quantitative estimate of drug-likeness (QED) is 0.808. The van der Waals surface area contributed by atoms with E-state index in [9.17, 15) is 9.59 Å². The lowest BCUT2D eigenvalue weighted by atomic mass is 9.87. The molecule has 0 saturated heterocycles. The Hall–Kier alpha value is -2.10. The molecule has 0 spiro atoms. The second-order valence-corrected chi connectivity index (χ2v) is 4.85. The number of aromatic nitrogens is 1. The zero-order valence-corrected chi connectivity index (χ0v) is 9.99. The third-order valence-electron chi connectivity index (χ3n) is 3.67. The van der Waals surface area contributed by atoms with E-state index in [0.717, 1.165) is 29.3 Å². The highest BCUT2D eigenvalue weighted by atomic mass is 16.4. The number of hydrogen-bond acceptors (Lipinski definition) is 2. The molecule has 0 radical (unpaired) electrons. The number of rotatable bonds is 1. The molecule has 1 aliphatic rings. The minimum atomic E-state index is -0.942. The van der Waals surface area contributed by atoms with E-state index in [-0.39, 0.29) is 17.3 Å². The van der Waals surface area contributed by atoms with Gasteiger partial charge >= 0.3 is 5.97 Å². The Balaban J connectivity index is 2.25. The topological polar surface area (TPSA) is 70.2 Å². The first-order chi connectivity index (χ1) is 8.58. The molecule has 0 aliphatic heterocycles. The van der Waals surface area contributed by atoms with Crippen LogP contribution >= 0.6 is 0 Å². The Morgan fingerprint density at radius 1 is 1.44 bits per heavy atom. The maximum absolute atomic E-state index is 12.1. The Labute approximate surface area is 104 Å². The lowest BCUT2D eigenvalue weighted by Gasteiger charge is -2.16. The van der Waals surface area contributed by atoms with Gasteiger partial charge in [0.15, 0.2) is 5.78 Å². The summed E-state index contributed by atoms with van der Waals surface area (Å²) in [5.74, 6) is -0.767. The van der Waals surface area contributed by atoms with Gasteiger partial charge in [-0.1, -0.05) is 6.92 Å². The molecule has 2 N–H and O–H groups in total. The molecule has 0 amide bonds. The predicted octanol–water partition coefficient (Wildman–Crippen LogP) is 2.63. The standard InChI is InChI=1S/C14H13NO3/c1-7-2-4-9-10-6-8(14(17)18)3-5-11(10)15-12(9)13(7)16/h3,5-7,15H,2,4H2,1H3,(H,17,18). The molecule has 1 aliphatic carbocycles. The number of aromatic carboxylic acids is 1. The summed E-state index contributed by atoms with van der Waals surface area (Å²) in [6.07, 6.45) is 1.65. The van der Waals surface area contributed by atoms with Gasteiger partial charge in [0.1, 0.15) is 0 Å². The van der Waals surface area contributed by atoms with E-state index in [0.29, 0.717) is 5.69 Å². The summed E-state index contributed by atoms with van der Waals surface area (Å²) >= 11 is 0. The van der Waals surface area contributed by atoms with Gasteiger partial charge in [-0.15, -0.1) is 0 Å². The maximum atomic E-state index is 12.1. The van der Waals surface area contributed by atoms with Crippen LogP contribution in [-0.2, 0) is 6.42 Å². The van der Waals surface area contributed by atoms with Crippen LogP contribution in [0.2, 0.25) is 0 Å². The highest BCUT2D eigenvalue weighted by molar-refractivity contribution is 6.05. The fraction of sp³-hybridized carbons (Fsp3) is 0.286. The number of ketones is 1. The third-order valence-corrected chi connectivity index (χ3v) is 3.67. The first-order valence-electron chi connectivity index (χ1n) is 6.00. The molecular weight excluding hydrogens is 230 g/mol. The number of benzene rings is 1. The van der Waals surface area contributed by atoms with Crippen molar-refractivity contribution in [2.24, 2.45) is 5.92 Å². The molecule has 92 valence electrons. The molecule has 1 aromatic heterocycles. The molecule has 0 fully saturated rings. The minimum absolute atomic E-state index is 0.0458. The van der Waals surface area contributed by atoms with Gasteiger partial charge in [0.2, 0.25) is 0 Å². The Kier molecular flexibility index (Phi) is 2.26. The smallest absolute Gasteiger partial charge is 0.335 e. The van der Waals surface area contributed by atoms with E-state index in [1.807, 2.05) is 6.92 Å². The van der Waals surface area contributed by atoms with Gasteiger partial charge in [0.05, 0.1) is 11.3 Å². The first kappa shape index (κ1) is 11.0. The van der Waals surface area contributed by atoms with Gasteiger partial charge in [-0.3, -0.25) is 4.79 Å². The van der Waals surface area contributed by atoms with Gasteiger partial charge in [0.25, 0.3) is 0 Å². The number of H-pyrrole nitrogens is 1. The molecule has 4 nitrogen and oxygen atoms in total. The highest BCUT2D eigenvalue weighted by Crippen LogP contribution is 2.31. The fourth-order valence-electron chi connectivity index (χ4n) is 2.59. The van der Waals surface area contributed by atoms with E-state index in [2.05, 4.69) is 4.98 Å². The molecule has 1 heterocycles. The van der Waals surface area contributed by atoms with Crippen molar-refractivity contribution in [3.63, 3.8) is 0 Å². The van der Waals surface area contributed by atoms with Crippen LogP contribution in [0.15, 0.2) is 18.2 Å². The molecule has 18 heavy (non-hydrogen) atoms. The lowest BCUT2D eigenvalue weighted by molar-refractivity contribution is 0.0696. The summed E-state index contributed by atoms with van der Waals surface area (Å²) in [6, 6.07) is 4.94. The lowest BCUT2D eigenvalue weighted by Crippen LogP contribution is -2.19. The highest BCUT2D eigenvalue weighted by Gasteiger charge is 2.27. The largest absolute Gasteiger partial charge is 0.478 e. The second kappa shape index (κ2) is 3.70. The van der Waals surface area contributed by atoms with Crippen molar-refractivity contribution in [1.29, 1.82) is 0 Å². The normalized spacial score (nSPS) is 18.9. The number of nitrogens with one attached hydrogen (secondary N) is 1. The first-order valence-corrected chi connectivity index (χ1v) is 6.00. The van der Waals surface area contributed by atoms with Crippen LogP contribution < -0.4 is 0 Å². The number of fused-ring (bicyclic) bond motifs is 3. The van der Waals surface area contributed by atoms with Crippen molar-refractivity contribution in [3.05, 3.63) is 35.0 Å². The van der Waals surface area contributed by atoms with Crippen LogP contribution in [0.3, 0.4) is 0 Å². The van der Waals surface area contributed by atoms with Gasteiger partial charge in [0, 0.05) is 16.8 Å². The van der Waals surface area contributed by atoms with Crippen LogP contribution in [0, 0.1) is 5.92 Å². The SMILES string of the molecule is CC1CCc2c([nH]c3ccc(C(=O)O)cc23)C1=O. The van der Waals surface area contributed by atoms with Crippen LogP contribution in [0.4, 0.5) is 0 Å². The average Bonchev–Trinajstić information content (AvgIpc) is 2.72. The van der Waals surface area contributed by atoms with Crippen molar-refractivity contribution in [1.82, 2.24) is 4.98 Å². The van der Waals surface area contributed by atoms with Crippen LogP contribution in [0.25, 0.3) is 10.9 Å². The van der Waals surface area contributed by atoms with Crippen LogP contribution in [0.1, 0.15) is 39.8 Å². The molecule has 0 saturated carbocycles. The van der Waals surface area contributed by atoms with E-state index in [4.69, 9.17) is 5.11 Å². The second-order valence-electron chi connectivity index (χ2n) is 4.85. The average molecular weight is 243 g/mol. The number of aryl methyl sites for hydroxylation is 1. The number of Topliss-reactive ketones (excluding diaryl/α,β-unsaturated/α-hetero) is 1. The summed E-state index contributed by atoms with van der Waals surface area (Å²) in [6.45, 7) is 1.93. The van der Waals surface area contributed by atoms with Gasteiger partial charge in [-0.05, 0) is 36.6 Å². The van der Waals surface area contributed by atoms with E-state index in [1.54, 1.807) is 18.2 Å². The number of carbonyl (C=O) groups is 2. The fourth-order valence-corrected chi connectivity index (χ4v) is 2.59. The monoisotopic (exact) mass is 243 g/mol. The number of hydrogen-bond donors (Lipinski definition) is 2. The van der Waals surface area contributed by atoms with Gasteiger partial charge in [-0.25, -0.2) is 4.79 Å².